The summed E-state index contributed by atoms with van der Waals surface area (Å²) in [7, 11) is 0. The fourth-order valence-corrected chi connectivity index (χ4v) is 3.30. The van der Waals surface area contributed by atoms with E-state index >= 15 is 0 Å². The number of thioether (sulfide) groups is 1. The van der Waals surface area contributed by atoms with E-state index in [1.165, 1.54) is 30.5 Å². The van der Waals surface area contributed by atoms with Gasteiger partial charge >= 0.3 is 0 Å². The highest BCUT2D eigenvalue weighted by Crippen LogP contribution is 2.35. The van der Waals surface area contributed by atoms with E-state index in [9.17, 15) is 20.0 Å². The van der Waals surface area contributed by atoms with Crippen molar-refractivity contribution in [2.24, 2.45) is 5.10 Å². The molecule has 0 spiro atoms. The molecule has 1 heterocycles. The zero-order valence-electron chi connectivity index (χ0n) is 13.1. The van der Waals surface area contributed by atoms with E-state index in [-0.39, 0.29) is 26.2 Å². The van der Waals surface area contributed by atoms with Gasteiger partial charge in [0.2, 0.25) is 0 Å². The second-order valence-electron chi connectivity index (χ2n) is 5.15. The molecule has 9 heteroatoms. The van der Waals surface area contributed by atoms with Crippen LogP contribution in [0.5, 0.6) is 5.75 Å². The van der Waals surface area contributed by atoms with Crippen molar-refractivity contribution in [1.29, 1.82) is 0 Å². The summed E-state index contributed by atoms with van der Waals surface area (Å²) in [6.45, 7) is 0. The number of phenols is 1. The Bertz CT molecular complexity index is 958. The molecule has 3 rings (SSSR count). The molecule has 0 aromatic heterocycles. The number of nitro groups is 1. The summed E-state index contributed by atoms with van der Waals surface area (Å²) in [6, 6.07) is 12.8. The molecule has 1 amide bonds. The summed E-state index contributed by atoms with van der Waals surface area (Å²) < 4.78 is 0.235. The number of hydrogen-bond donors (Lipinski definition) is 1. The Kier molecular flexibility index (Phi) is 5.10. The number of rotatable bonds is 4. The van der Waals surface area contributed by atoms with Crippen LogP contribution >= 0.6 is 24.0 Å². The molecule has 0 saturated carbocycles. The molecular weight excluding hydrogens is 374 g/mol. The van der Waals surface area contributed by atoms with Crippen LogP contribution < -0.4 is 0 Å². The summed E-state index contributed by atoms with van der Waals surface area (Å²) in [5.41, 5.74) is 0.778. The first-order valence-corrected chi connectivity index (χ1v) is 8.52. The summed E-state index contributed by atoms with van der Waals surface area (Å²) in [6.07, 6.45) is 2.87. The molecule has 0 bridgehead atoms. The van der Waals surface area contributed by atoms with Crippen molar-refractivity contribution >= 4 is 52.2 Å². The molecule has 1 saturated heterocycles. The lowest BCUT2D eigenvalue weighted by Gasteiger charge is -2.06. The molecule has 1 aliphatic rings. The summed E-state index contributed by atoms with van der Waals surface area (Å²) in [5.74, 6) is -0.633. The third kappa shape index (κ3) is 3.79. The zero-order valence-corrected chi connectivity index (χ0v) is 14.7. The molecule has 0 unspecified atom stereocenters. The zero-order chi connectivity index (χ0) is 18.7. The number of aromatic hydroxyl groups is 1. The predicted molar refractivity (Wildman–Crippen MR) is 104 cm³/mol. The van der Waals surface area contributed by atoms with E-state index in [1.807, 2.05) is 30.3 Å². The van der Waals surface area contributed by atoms with E-state index in [0.29, 0.717) is 0 Å². The SMILES string of the molecule is O=C1C(=Cc2cc([N+](=O)[O-])ccc2O)SC(=S)N1N=Cc1ccccc1. The smallest absolute Gasteiger partial charge is 0.286 e. The Balaban J connectivity index is 1.87. The Labute approximate surface area is 157 Å². The number of carbonyl (C=O) groups excluding carboxylic acids is 1. The fourth-order valence-electron chi connectivity index (χ4n) is 2.13. The maximum atomic E-state index is 12.5. The van der Waals surface area contributed by atoms with Gasteiger partial charge in [0.1, 0.15) is 5.75 Å². The van der Waals surface area contributed by atoms with Gasteiger partial charge in [-0.3, -0.25) is 14.9 Å². The fraction of sp³-hybridized carbons (Fsp3) is 0. The minimum Gasteiger partial charge on any atom is -0.507 e. The first kappa shape index (κ1) is 17.8. The van der Waals surface area contributed by atoms with Gasteiger partial charge in [-0.15, -0.1) is 0 Å². The number of benzene rings is 2. The molecule has 2 aromatic rings. The molecule has 0 radical (unpaired) electrons. The van der Waals surface area contributed by atoms with E-state index in [0.717, 1.165) is 22.3 Å². The average Bonchev–Trinajstić information content (AvgIpc) is 2.89. The molecule has 1 aliphatic heterocycles. The highest BCUT2D eigenvalue weighted by molar-refractivity contribution is 8.26. The first-order valence-electron chi connectivity index (χ1n) is 7.30. The summed E-state index contributed by atoms with van der Waals surface area (Å²) >= 11 is 6.18. The third-order valence-corrected chi connectivity index (χ3v) is 4.69. The van der Waals surface area contributed by atoms with Gasteiger partial charge in [0.25, 0.3) is 11.6 Å². The molecule has 1 N–H and O–H groups in total. The van der Waals surface area contributed by atoms with Gasteiger partial charge in [0, 0.05) is 17.7 Å². The van der Waals surface area contributed by atoms with Gasteiger partial charge in [-0.2, -0.15) is 10.1 Å². The molecule has 0 aliphatic carbocycles. The number of phenolic OH excluding ortho intramolecular Hbond substituents is 1. The lowest BCUT2D eigenvalue weighted by atomic mass is 10.1. The van der Waals surface area contributed by atoms with Gasteiger partial charge in [-0.25, -0.2) is 0 Å². The third-order valence-electron chi connectivity index (χ3n) is 3.40. The van der Waals surface area contributed by atoms with E-state index in [1.54, 1.807) is 0 Å². The molecule has 26 heavy (non-hydrogen) atoms. The van der Waals surface area contributed by atoms with Crippen molar-refractivity contribution < 1.29 is 14.8 Å². The Hall–Kier alpha value is -3.04. The van der Waals surface area contributed by atoms with Crippen molar-refractivity contribution in [1.82, 2.24) is 5.01 Å². The van der Waals surface area contributed by atoms with Gasteiger partial charge in [0.05, 0.1) is 16.0 Å². The number of hydrazone groups is 1. The van der Waals surface area contributed by atoms with E-state index < -0.39 is 10.8 Å². The highest BCUT2D eigenvalue weighted by atomic mass is 32.2. The van der Waals surface area contributed by atoms with Gasteiger partial charge in [0.15, 0.2) is 4.32 Å². The van der Waals surface area contributed by atoms with Crippen LogP contribution in [0.4, 0.5) is 5.69 Å². The maximum absolute atomic E-state index is 12.5. The van der Waals surface area contributed by atoms with Crippen LogP contribution in [-0.4, -0.2) is 31.5 Å². The number of amides is 1. The predicted octanol–water partition coefficient (Wildman–Crippen LogP) is 3.54. The second-order valence-corrected chi connectivity index (χ2v) is 6.82. The quantitative estimate of drug-likeness (QED) is 0.284. The topological polar surface area (TPSA) is 96.0 Å². The van der Waals surface area contributed by atoms with Gasteiger partial charge in [-0.05, 0) is 29.9 Å². The second kappa shape index (κ2) is 7.46. The van der Waals surface area contributed by atoms with Crippen molar-refractivity contribution in [2.75, 3.05) is 0 Å². The average molecular weight is 385 g/mol. The van der Waals surface area contributed by atoms with Crippen molar-refractivity contribution in [3.05, 3.63) is 74.7 Å². The number of hydrogen-bond acceptors (Lipinski definition) is 7. The molecule has 7 nitrogen and oxygen atoms in total. The van der Waals surface area contributed by atoms with Gasteiger partial charge < -0.3 is 5.11 Å². The minimum atomic E-state index is -0.577. The van der Waals surface area contributed by atoms with E-state index in [4.69, 9.17) is 12.2 Å². The molecular formula is C17H11N3O4S2. The largest absolute Gasteiger partial charge is 0.507 e. The van der Waals surface area contributed by atoms with Crippen LogP contribution in [0.2, 0.25) is 0 Å². The standard InChI is InChI=1S/C17H11N3O4S2/c21-14-7-6-13(20(23)24)8-12(14)9-15-16(22)19(17(25)26-15)18-10-11-4-2-1-3-5-11/h1-10,21H. The Morgan fingerprint density at radius 3 is 2.65 bits per heavy atom. The van der Waals surface area contributed by atoms with Crippen LogP contribution in [0.15, 0.2) is 58.5 Å². The van der Waals surface area contributed by atoms with Crippen LogP contribution in [0.1, 0.15) is 11.1 Å². The molecule has 0 atom stereocenters. The van der Waals surface area contributed by atoms with Crippen molar-refractivity contribution in [3.63, 3.8) is 0 Å². The number of nitro benzene ring substituents is 1. The molecule has 1 fully saturated rings. The first-order chi connectivity index (χ1) is 12.5. The van der Waals surface area contributed by atoms with Crippen LogP contribution in [0.3, 0.4) is 0 Å². The van der Waals surface area contributed by atoms with Gasteiger partial charge in [-0.1, -0.05) is 42.1 Å². The van der Waals surface area contributed by atoms with Crippen molar-refractivity contribution in [2.45, 2.75) is 0 Å². The lowest BCUT2D eigenvalue weighted by molar-refractivity contribution is -0.384. The molecule has 130 valence electrons. The monoisotopic (exact) mass is 385 g/mol. The van der Waals surface area contributed by atoms with Crippen LogP contribution in [0, 0.1) is 10.1 Å². The van der Waals surface area contributed by atoms with Crippen LogP contribution in [0.25, 0.3) is 6.08 Å². The Morgan fingerprint density at radius 2 is 1.96 bits per heavy atom. The number of carbonyl (C=O) groups is 1. The lowest BCUT2D eigenvalue weighted by Crippen LogP contribution is -2.22. The number of non-ortho nitro benzene ring substituents is 1. The number of nitrogens with zero attached hydrogens (tertiary/aromatic N) is 3. The minimum absolute atomic E-state index is 0.159. The summed E-state index contributed by atoms with van der Waals surface area (Å²) in [4.78, 5) is 23.0. The highest BCUT2D eigenvalue weighted by Gasteiger charge is 2.32. The molecule has 2 aromatic carbocycles. The maximum Gasteiger partial charge on any atom is 0.286 e. The number of thiocarbonyl (C=S) groups is 1. The normalized spacial score (nSPS) is 16.0. The van der Waals surface area contributed by atoms with Crippen LogP contribution in [-0.2, 0) is 4.79 Å². The Morgan fingerprint density at radius 1 is 1.23 bits per heavy atom. The van der Waals surface area contributed by atoms with Crippen molar-refractivity contribution in [3.8, 4) is 5.75 Å². The summed E-state index contributed by atoms with van der Waals surface area (Å²) in [5, 5.41) is 25.9. The van der Waals surface area contributed by atoms with E-state index in [2.05, 4.69) is 5.10 Å².